The van der Waals surface area contributed by atoms with E-state index < -0.39 is 5.41 Å². The largest absolute Gasteiger partial charge is 0.399 e. The number of Topliss-reactive ketones (excluding diaryl/α,β-unsaturated/α-hetero) is 1. The monoisotopic (exact) mass is 349 g/mol. The number of hydrogen-bond donors (Lipinski definition) is 1. The summed E-state index contributed by atoms with van der Waals surface area (Å²) in [5, 5.41) is 4.29. The molecule has 0 aliphatic carbocycles. The second-order valence-electron chi connectivity index (χ2n) is 5.96. The Bertz CT molecular complexity index is 657. The van der Waals surface area contributed by atoms with Crippen molar-refractivity contribution in [1.82, 2.24) is 9.78 Å². The minimum atomic E-state index is -0.650. The van der Waals surface area contributed by atoms with Crippen molar-refractivity contribution in [2.45, 2.75) is 39.2 Å². The molecule has 0 atom stereocenters. The van der Waals surface area contributed by atoms with Crippen LogP contribution in [-0.2, 0) is 5.41 Å². The van der Waals surface area contributed by atoms with Crippen LogP contribution in [0.3, 0.4) is 0 Å². The van der Waals surface area contributed by atoms with Gasteiger partial charge in [-0.15, -0.1) is 0 Å². The van der Waals surface area contributed by atoms with Crippen molar-refractivity contribution in [3.63, 3.8) is 0 Å². The molecular formula is C16H20BrN3O. The predicted molar refractivity (Wildman–Crippen MR) is 88.5 cm³/mol. The average Bonchev–Trinajstić information content (AvgIpc) is 2.80. The Morgan fingerprint density at radius 2 is 1.86 bits per heavy atom. The third-order valence-electron chi connectivity index (χ3n) is 3.66. The third kappa shape index (κ3) is 2.88. The molecule has 0 saturated carbocycles. The Morgan fingerprint density at radius 3 is 2.38 bits per heavy atom. The first-order chi connectivity index (χ1) is 9.75. The van der Waals surface area contributed by atoms with Crippen LogP contribution < -0.4 is 5.73 Å². The van der Waals surface area contributed by atoms with Crippen LogP contribution in [-0.4, -0.2) is 15.6 Å². The van der Waals surface area contributed by atoms with E-state index in [-0.39, 0.29) is 11.8 Å². The van der Waals surface area contributed by atoms with E-state index in [0.717, 1.165) is 10.0 Å². The van der Waals surface area contributed by atoms with Gasteiger partial charge in [0.2, 0.25) is 0 Å². The predicted octanol–water partition coefficient (Wildman–Crippen LogP) is 3.97. The van der Waals surface area contributed by atoms with Gasteiger partial charge in [0, 0.05) is 11.7 Å². The molecule has 2 N–H and O–H groups in total. The lowest BCUT2D eigenvalue weighted by Crippen LogP contribution is -2.31. The quantitative estimate of drug-likeness (QED) is 0.670. The zero-order valence-corrected chi connectivity index (χ0v) is 14.3. The zero-order valence-electron chi connectivity index (χ0n) is 12.7. The number of benzene rings is 1. The number of hydrogen-bond acceptors (Lipinski definition) is 3. The van der Waals surface area contributed by atoms with Crippen molar-refractivity contribution < 1.29 is 4.79 Å². The number of carbonyl (C=O) groups excluding carboxylic acids is 1. The molecule has 0 aliphatic rings. The average molecular weight is 350 g/mol. The number of halogens is 1. The van der Waals surface area contributed by atoms with Gasteiger partial charge in [0.15, 0.2) is 5.78 Å². The third-order valence-corrected chi connectivity index (χ3v) is 4.24. The molecular weight excluding hydrogens is 330 g/mol. The van der Waals surface area contributed by atoms with Crippen molar-refractivity contribution in [1.29, 1.82) is 0 Å². The summed E-state index contributed by atoms with van der Waals surface area (Å²) in [4.78, 5) is 13.0. The van der Waals surface area contributed by atoms with Crippen LogP contribution in [0.25, 0.3) is 0 Å². The van der Waals surface area contributed by atoms with Crippen molar-refractivity contribution in [3.05, 3.63) is 46.2 Å². The van der Waals surface area contributed by atoms with Gasteiger partial charge in [-0.3, -0.25) is 9.48 Å². The molecule has 112 valence electrons. The van der Waals surface area contributed by atoms with Crippen LogP contribution in [0.1, 0.15) is 49.8 Å². The summed E-state index contributed by atoms with van der Waals surface area (Å²) < 4.78 is 2.48. The highest BCUT2D eigenvalue weighted by atomic mass is 79.9. The van der Waals surface area contributed by atoms with Gasteiger partial charge in [-0.1, -0.05) is 12.1 Å². The lowest BCUT2D eigenvalue weighted by atomic mass is 9.79. The standard InChI is InChI=1S/C16H20BrN3O/c1-10(2)20-14(13(17)9-19-20)15(21)16(3,4)11-5-7-12(18)8-6-11/h5-10H,18H2,1-4H3. The first-order valence-electron chi connectivity index (χ1n) is 6.89. The van der Waals surface area contributed by atoms with Crippen LogP contribution in [0.15, 0.2) is 34.9 Å². The Kier molecular flexibility index (Phi) is 4.23. The van der Waals surface area contributed by atoms with Crippen LogP contribution in [0, 0.1) is 0 Å². The van der Waals surface area contributed by atoms with Gasteiger partial charge in [0.05, 0.1) is 16.1 Å². The van der Waals surface area contributed by atoms with Crippen LogP contribution >= 0.6 is 15.9 Å². The molecule has 0 fully saturated rings. The van der Waals surface area contributed by atoms with Crippen molar-refractivity contribution >= 4 is 27.4 Å². The Labute approximate surface area is 133 Å². The maximum absolute atomic E-state index is 13.0. The van der Waals surface area contributed by atoms with Gasteiger partial charge >= 0.3 is 0 Å². The number of aromatic nitrogens is 2. The maximum atomic E-state index is 13.0. The van der Waals surface area contributed by atoms with Crippen molar-refractivity contribution in [2.24, 2.45) is 0 Å². The van der Waals surface area contributed by atoms with Gasteiger partial charge in [-0.05, 0) is 61.3 Å². The molecule has 1 aromatic heterocycles. The van der Waals surface area contributed by atoms with Gasteiger partial charge in [0.1, 0.15) is 5.69 Å². The molecule has 0 spiro atoms. The molecule has 2 aromatic rings. The maximum Gasteiger partial charge on any atom is 0.191 e. The minimum Gasteiger partial charge on any atom is -0.399 e. The van der Waals surface area contributed by atoms with E-state index in [4.69, 9.17) is 5.73 Å². The summed E-state index contributed by atoms with van der Waals surface area (Å²) in [6.45, 7) is 7.86. The van der Waals surface area contributed by atoms with E-state index >= 15 is 0 Å². The highest BCUT2D eigenvalue weighted by Crippen LogP contribution is 2.32. The second-order valence-corrected chi connectivity index (χ2v) is 6.81. The zero-order chi connectivity index (χ0) is 15.8. The highest BCUT2D eigenvalue weighted by Gasteiger charge is 2.34. The fourth-order valence-corrected chi connectivity index (χ4v) is 2.73. The van der Waals surface area contributed by atoms with Crippen LogP contribution in [0.4, 0.5) is 5.69 Å². The van der Waals surface area contributed by atoms with E-state index in [1.165, 1.54) is 0 Å². The van der Waals surface area contributed by atoms with Gasteiger partial charge in [-0.25, -0.2) is 0 Å². The summed E-state index contributed by atoms with van der Waals surface area (Å²) in [6, 6.07) is 7.56. The lowest BCUT2D eigenvalue weighted by molar-refractivity contribution is 0.0894. The van der Waals surface area contributed by atoms with Crippen LogP contribution in [0.2, 0.25) is 0 Å². The fraction of sp³-hybridized carbons (Fsp3) is 0.375. The highest BCUT2D eigenvalue weighted by molar-refractivity contribution is 9.10. The van der Waals surface area contributed by atoms with E-state index in [1.807, 2.05) is 52.0 Å². The molecule has 0 unspecified atom stereocenters. The van der Waals surface area contributed by atoms with Gasteiger partial charge < -0.3 is 5.73 Å². The topological polar surface area (TPSA) is 60.9 Å². The fourth-order valence-electron chi connectivity index (χ4n) is 2.27. The Morgan fingerprint density at radius 1 is 1.29 bits per heavy atom. The number of rotatable bonds is 4. The minimum absolute atomic E-state index is 0.0327. The van der Waals surface area contributed by atoms with Crippen molar-refractivity contribution in [3.8, 4) is 0 Å². The molecule has 0 bridgehead atoms. The number of nitrogen functional groups attached to an aromatic ring is 1. The Hall–Kier alpha value is -1.62. The van der Waals surface area contributed by atoms with E-state index in [2.05, 4.69) is 21.0 Å². The first-order valence-corrected chi connectivity index (χ1v) is 7.68. The van der Waals surface area contributed by atoms with E-state index in [1.54, 1.807) is 10.9 Å². The molecule has 0 amide bonds. The summed E-state index contributed by atoms with van der Waals surface area (Å²) in [6.07, 6.45) is 1.67. The SMILES string of the molecule is CC(C)n1ncc(Br)c1C(=O)C(C)(C)c1ccc(N)cc1. The molecule has 1 aromatic carbocycles. The number of anilines is 1. The number of nitrogens with zero attached hydrogens (tertiary/aromatic N) is 2. The number of ketones is 1. The normalized spacial score (nSPS) is 11.9. The van der Waals surface area contributed by atoms with E-state index in [0.29, 0.717) is 11.4 Å². The van der Waals surface area contributed by atoms with Crippen LogP contribution in [0.5, 0.6) is 0 Å². The van der Waals surface area contributed by atoms with E-state index in [9.17, 15) is 4.79 Å². The lowest BCUT2D eigenvalue weighted by Gasteiger charge is -2.25. The summed E-state index contributed by atoms with van der Waals surface area (Å²) in [5.41, 5.74) is 7.30. The molecule has 0 aliphatic heterocycles. The molecule has 0 radical (unpaired) electrons. The Balaban J connectivity index is 2.48. The summed E-state index contributed by atoms with van der Waals surface area (Å²) >= 11 is 3.44. The smallest absolute Gasteiger partial charge is 0.191 e. The molecule has 1 heterocycles. The number of nitrogens with two attached hydrogens (primary N) is 1. The second kappa shape index (κ2) is 5.64. The first kappa shape index (κ1) is 15.8. The molecule has 0 saturated heterocycles. The summed E-state index contributed by atoms with van der Waals surface area (Å²) in [5.74, 6) is 0.0327. The molecule has 2 rings (SSSR count). The number of carbonyl (C=O) groups is 1. The van der Waals surface area contributed by atoms with Gasteiger partial charge in [0.25, 0.3) is 0 Å². The molecule has 5 heteroatoms. The summed E-state index contributed by atoms with van der Waals surface area (Å²) in [7, 11) is 0. The molecule has 4 nitrogen and oxygen atoms in total. The van der Waals surface area contributed by atoms with Gasteiger partial charge in [-0.2, -0.15) is 5.10 Å². The molecule has 21 heavy (non-hydrogen) atoms. The van der Waals surface area contributed by atoms with Crippen molar-refractivity contribution in [2.75, 3.05) is 5.73 Å².